The van der Waals surface area contributed by atoms with Crippen molar-refractivity contribution < 1.29 is 0 Å². The predicted molar refractivity (Wildman–Crippen MR) is 104 cm³/mol. The van der Waals surface area contributed by atoms with E-state index in [0.29, 0.717) is 0 Å². The first-order chi connectivity index (χ1) is 11.9. The molecule has 6 rings (SSSR count). The fraction of sp³-hybridized carbons (Fsp3) is 0.0833. The van der Waals surface area contributed by atoms with Gasteiger partial charge in [0, 0.05) is 0 Å². The van der Waals surface area contributed by atoms with Crippen LogP contribution in [0, 0.1) is 0 Å². The molecule has 2 aliphatic carbocycles. The van der Waals surface area contributed by atoms with Gasteiger partial charge < -0.3 is 0 Å². The average molecular weight is 304 g/mol. The second-order valence-corrected chi connectivity index (χ2v) is 6.88. The van der Waals surface area contributed by atoms with E-state index in [-0.39, 0.29) is 0 Å². The Hall–Kier alpha value is -2.86. The predicted octanol–water partition coefficient (Wildman–Crippen LogP) is 6.28. The zero-order chi connectivity index (χ0) is 15.7. The molecule has 0 spiro atoms. The van der Waals surface area contributed by atoms with Crippen LogP contribution in [0.4, 0.5) is 0 Å². The SMILES string of the molecule is C1=Cc2c3ccc4ccccc4c3c3c4c(ccc(c24)C1)C=CC3. The van der Waals surface area contributed by atoms with Crippen LogP contribution in [0.3, 0.4) is 0 Å². The summed E-state index contributed by atoms with van der Waals surface area (Å²) >= 11 is 0. The summed E-state index contributed by atoms with van der Waals surface area (Å²) < 4.78 is 0. The molecule has 24 heavy (non-hydrogen) atoms. The third-order valence-corrected chi connectivity index (χ3v) is 5.66. The highest BCUT2D eigenvalue weighted by atomic mass is 14.2. The maximum absolute atomic E-state index is 2.34. The summed E-state index contributed by atoms with van der Waals surface area (Å²) in [6.07, 6.45) is 11.3. The van der Waals surface area contributed by atoms with Crippen molar-refractivity contribution in [2.45, 2.75) is 12.8 Å². The molecule has 0 fully saturated rings. The van der Waals surface area contributed by atoms with E-state index in [1.807, 2.05) is 0 Å². The molecule has 0 unspecified atom stereocenters. The van der Waals surface area contributed by atoms with E-state index >= 15 is 0 Å². The number of benzene rings is 4. The number of fused-ring (bicyclic) bond motifs is 5. The third kappa shape index (κ3) is 1.44. The normalized spacial score (nSPS) is 14.8. The minimum atomic E-state index is 1.03. The van der Waals surface area contributed by atoms with Gasteiger partial charge in [-0.05, 0) is 67.4 Å². The van der Waals surface area contributed by atoms with E-state index in [1.165, 1.54) is 54.6 Å². The van der Waals surface area contributed by atoms with Gasteiger partial charge in [0.05, 0.1) is 0 Å². The van der Waals surface area contributed by atoms with E-state index in [1.54, 1.807) is 0 Å². The molecule has 0 saturated carbocycles. The van der Waals surface area contributed by atoms with Crippen LogP contribution >= 0.6 is 0 Å². The molecule has 0 radical (unpaired) electrons. The third-order valence-electron chi connectivity index (χ3n) is 5.66. The Kier molecular flexibility index (Phi) is 2.28. The zero-order valence-electron chi connectivity index (χ0n) is 13.3. The first kappa shape index (κ1) is 12.5. The number of hydrogen-bond acceptors (Lipinski definition) is 0. The lowest BCUT2D eigenvalue weighted by Crippen LogP contribution is -2.02. The fourth-order valence-corrected chi connectivity index (χ4v) is 4.67. The smallest absolute Gasteiger partial charge is 0.00575 e. The van der Waals surface area contributed by atoms with Crippen molar-refractivity contribution in [3.63, 3.8) is 0 Å². The molecular formula is C24H16. The lowest BCUT2D eigenvalue weighted by atomic mass is 9.80. The quantitative estimate of drug-likeness (QED) is 0.265. The van der Waals surface area contributed by atoms with Crippen molar-refractivity contribution in [3.8, 4) is 0 Å². The van der Waals surface area contributed by atoms with Gasteiger partial charge in [0.2, 0.25) is 0 Å². The summed E-state index contributed by atoms with van der Waals surface area (Å²) in [5, 5.41) is 8.54. The molecule has 0 heteroatoms. The summed E-state index contributed by atoms with van der Waals surface area (Å²) in [5.41, 5.74) is 5.77. The molecule has 0 bridgehead atoms. The Morgan fingerprint density at radius 2 is 1.54 bits per heavy atom. The highest BCUT2D eigenvalue weighted by Gasteiger charge is 2.21. The molecule has 112 valence electrons. The van der Waals surface area contributed by atoms with E-state index in [2.05, 4.69) is 72.8 Å². The van der Waals surface area contributed by atoms with E-state index in [9.17, 15) is 0 Å². The van der Waals surface area contributed by atoms with Crippen LogP contribution in [0.2, 0.25) is 0 Å². The van der Waals surface area contributed by atoms with Gasteiger partial charge in [0.15, 0.2) is 0 Å². The van der Waals surface area contributed by atoms with Gasteiger partial charge >= 0.3 is 0 Å². The standard InChI is InChI=1S/C24H16/c1-2-8-18-15(5-1)13-14-20-19-9-3-6-16-11-12-17-7-4-10-21(24(18)20)23(17)22(16)19/h1-5,7-9,11-14H,6,10H2. The maximum atomic E-state index is 2.34. The van der Waals surface area contributed by atoms with E-state index in [4.69, 9.17) is 0 Å². The van der Waals surface area contributed by atoms with Gasteiger partial charge in [-0.3, -0.25) is 0 Å². The molecule has 0 atom stereocenters. The van der Waals surface area contributed by atoms with Gasteiger partial charge in [0.25, 0.3) is 0 Å². The molecule has 0 N–H and O–H groups in total. The Labute approximate surface area is 140 Å². The van der Waals surface area contributed by atoms with Crippen molar-refractivity contribution in [3.05, 3.63) is 82.9 Å². The first-order valence-electron chi connectivity index (χ1n) is 8.67. The Balaban J connectivity index is 2.01. The monoisotopic (exact) mass is 304 g/mol. The minimum absolute atomic E-state index is 1.03. The van der Waals surface area contributed by atoms with E-state index in [0.717, 1.165) is 12.8 Å². The Bertz CT molecular complexity index is 1240. The van der Waals surface area contributed by atoms with Crippen LogP contribution in [-0.4, -0.2) is 0 Å². The largest absolute Gasteiger partial charge is 0.0795 e. The molecule has 0 aliphatic heterocycles. The zero-order valence-corrected chi connectivity index (χ0v) is 13.3. The summed E-state index contributed by atoms with van der Waals surface area (Å²) in [6, 6.07) is 18.0. The molecule has 0 heterocycles. The number of rotatable bonds is 0. The molecule has 0 aromatic heterocycles. The second-order valence-electron chi connectivity index (χ2n) is 6.88. The van der Waals surface area contributed by atoms with Crippen molar-refractivity contribution >= 4 is 44.5 Å². The fourth-order valence-electron chi connectivity index (χ4n) is 4.67. The van der Waals surface area contributed by atoms with Gasteiger partial charge in [-0.25, -0.2) is 0 Å². The molecule has 4 aromatic rings. The van der Waals surface area contributed by atoms with Crippen molar-refractivity contribution in [2.75, 3.05) is 0 Å². The van der Waals surface area contributed by atoms with E-state index < -0.39 is 0 Å². The Morgan fingerprint density at radius 1 is 0.625 bits per heavy atom. The van der Waals surface area contributed by atoms with Crippen molar-refractivity contribution in [2.24, 2.45) is 0 Å². The maximum Gasteiger partial charge on any atom is -0.00575 e. The first-order valence-corrected chi connectivity index (χ1v) is 8.67. The molecule has 0 nitrogen and oxygen atoms in total. The van der Waals surface area contributed by atoms with Gasteiger partial charge in [-0.15, -0.1) is 0 Å². The summed E-state index contributed by atoms with van der Waals surface area (Å²) in [5.74, 6) is 0. The number of allylic oxidation sites excluding steroid dienone is 2. The van der Waals surface area contributed by atoms with Crippen molar-refractivity contribution in [1.82, 2.24) is 0 Å². The number of hydrogen-bond donors (Lipinski definition) is 0. The Morgan fingerprint density at radius 3 is 2.54 bits per heavy atom. The molecule has 0 amide bonds. The highest BCUT2D eigenvalue weighted by Crippen LogP contribution is 2.43. The second kappa shape index (κ2) is 4.36. The summed E-state index contributed by atoms with van der Waals surface area (Å²) in [7, 11) is 0. The van der Waals surface area contributed by atoms with Crippen LogP contribution in [0.15, 0.2) is 60.7 Å². The molecule has 4 aromatic carbocycles. The van der Waals surface area contributed by atoms with Crippen LogP contribution in [0.1, 0.15) is 22.3 Å². The topological polar surface area (TPSA) is 0 Å². The highest BCUT2D eigenvalue weighted by molar-refractivity contribution is 6.21. The molecule has 0 saturated heterocycles. The van der Waals surface area contributed by atoms with Crippen LogP contribution < -0.4 is 0 Å². The van der Waals surface area contributed by atoms with Crippen LogP contribution in [0.5, 0.6) is 0 Å². The van der Waals surface area contributed by atoms with Gasteiger partial charge in [-0.1, -0.05) is 72.8 Å². The lowest BCUT2D eigenvalue weighted by Gasteiger charge is -2.23. The molecular weight excluding hydrogens is 288 g/mol. The van der Waals surface area contributed by atoms with Crippen LogP contribution in [-0.2, 0) is 12.8 Å². The molecule has 2 aliphatic rings. The van der Waals surface area contributed by atoms with Crippen LogP contribution in [0.25, 0.3) is 44.5 Å². The minimum Gasteiger partial charge on any atom is -0.0795 e. The summed E-state index contributed by atoms with van der Waals surface area (Å²) in [6.45, 7) is 0. The average Bonchev–Trinajstić information content (AvgIpc) is 2.66. The van der Waals surface area contributed by atoms with Crippen molar-refractivity contribution in [1.29, 1.82) is 0 Å². The van der Waals surface area contributed by atoms with Gasteiger partial charge in [-0.2, -0.15) is 0 Å². The van der Waals surface area contributed by atoms with Gasteiger partial charge in [0.1, 0.15) is 0 Å². The lowest BCUT2D eigenvalue weighted by molar-refractivity contribution is 1.27. The summed E-state index contributed by atoms with van der Waals surface area (Å²) in [4.78, 5) is 0.